The molecule has 2 aromatic heterocycles. The number of nitrogens with zero attached hydrogens (tertiary/aromatic N) is 3. The lowest BCUT2D eigenvalue weighted by Crippen LogP contribution is -2.39. The van der Waals surface area contributed by atoms with Gasteiger partial charge in [-0.2, -0.15) is 5.10 Å². The SMILES string of the molecule is CCc1c(C(=O)NC2CCc3nc(C)[nH]c3C2)cnn1-c1ccc(OC)cc1. The minimum Gasteiger partial charge on any atom is -0.497 e. The molecule has 2 N–H and O–H groups in total. The van der Waals surface area contributed by atoms with Gasteiger partial charge < -0.3 is 15.0 Å². The summed E-state index contributed by atoms with van der Waals surface area (Å²) in [7, 11) is 1.64. The van der Waals surface area contributed by atoms with Gasteiger partial charge in [0.1, 0.15) is 11.6 Å². The Morgan fingerprint density at radius 3 is 2.86 bits per heavy atom. The predicted molar refractivity (Wildman–Crippen MR) is 106 cm³/mol. The topological polar surface area (TPSA) is 84.8 Å². The van der Waals surface area contributed by atoms with Crippen LogP contribution in [-0.4, -0.2) is 38.8 Å². The largest absolute Gasteiger partial charge is 0.497 e. The molecule has 7 nitrogen and oxygen atoms in total. The number of methoxy groups -OCH3 is 1. The molecule has 1 aliphatic rings. The fourth-order valence-corrected chi connectivity index (χ4v) is 3.86. The van der Waals surface area contributed by atoms with E-state index in [1.54, 1.807) is 13.3 Å². The molecule has 0 bridgehead atoms. The molecule has 2 heterocycles. The van der Waals surface area contributed by atoms with Crippen molar-refractivity contribution in [2.75, 3.05) is 7.11 Å². The third kappa shape index (κ3) is 3.40. The maximum atomic E-state index is 12.9. The van der Waals surface area contributed by atoms with Crippen LogP contribution in [0.5, 0.6) is 5.75 Å². The Morgan fingerprint density at radius 2 is 2.14 bits per heavy atom. The number of nitrogens with one attached hydrogen (secondary N) is 2. The first-order valence-corrected chi connectivity index (χ1v) is 9.65. The van der Waals surface area contributed by atoms with Crippen LogP contribution in [0.3, 0.4) is 0 Å². The molecule has 28 heavy (non-hydrogen) atoms. The van der Waals surface area contributed by atoms with E-state index in [4.69, 9.17) is 4.74 Å². The number of amides is 1. The Bertz CT molecular complexity index is 987. The van der Waals surface area contributed by atoms with E-state index in [9.17, 15) is 4.79 Å². The number of rotatable bonds is 5. The van der Waals surface area contributed by atoms with E-state index in [1.165, 1.54) is 0 Å². The van der Waals surface area contributed by atoms with Crippen LogP contribution in [0.1, 0.15) is 46.6 Å². The van der Waals surface area contributed by atoms with Crippen LogP contribution >= 0.6 is 0 Å². The summed E-state index contributed by atoms with van der Waals surface area (Å²) in [6, 6.07) is 7.77. The highest BCUT2D eigenvalue weighted by Crippen LogP contribution is 2.22. The molecule has 3 aromatic rings. The number of imidazole rings is 1. The van der Waals surface area contributed by atoms with E-state index in [0.29, 0.717) is 12.0 Å². The number of carbonyl (C=O) groups excluding carboxylic acids is 1. The zero-order valence-corrected chi connectivity index (χ0v) is 16.5. The molecule has 0 radical (unpaired) electrons. The van der Waals surface area contributed by atoms with Crippen molar-refractivity contribution >= 4 is 5.91 Å². The molecule has 1 aromatic carbocycles. The number of aromatic nitrogens is 4. The first-order valence-electron chi connectivity index (χ1n) is 9.65. The first kappa shape index (κ1) is 18.3. The van der Waals surface area contributed by atoms with Crippen molar-refractivity contribution in [2.24, 2.45) is 0 Å². The number of aryl methyl sites for hydroxylation is 2. The lowest BCUT2D eigenvalue weighted by Gasteiger charge is -2.22. The zero-order chi connectivity index (χ0) is 19.7. The number of benzene rings is 1. The van der Waals surface area contributed by atoms with Gasteiger partial charge in [0.25, 0.3) is 5.91 Å². The van der Waals surface area contributed by atoms with Gasteiger partial charge in [-0.3, -0.25) is 4.79 Å². The number of hydrogen-bond donors (Lipinski definition) is 2. The number of aromatic amines is 1. The normalized spacial score (nSPS) is 15.9. The maximum absolute atomic E-state index is 12.9. The molecule has 146 valence electrons. The summed E-state index contributed by atoms with van der Waals surface area (Å²) in [5.74, 6) is 1.66. The van der Waals surface area contributed by atoms with Gasteiger partial charge in [0.2, 0.25) is 0 Å². The van der Waals surface area contributed by atoms with Crippen molar-refractivity contribution in [3.8, 4) is 11.4 Å². The molecule has 4 rings (SSSR count). The highest BCUT2D eigenvalue weighted by Gasteiger charge is 2.25. The smallest absolute Gasteiger partial charge is 0.255 e. The summed E-state index contributed by atoms with van der Waals surface area (Å²) >= 11 is 0. The molecule has 1 aliphatic carbocycles. The predicted octanol–water partition coefficient (Wildman–Crippen LogP) is 2.76. The van der Waals surface area contributed by atoms with Crippen molar-refractivity contribution in [1.82, 2.24) is 25.1 Å². The lowest BCUT2D eigenvalue weighted by molar-refractivity contribution is 0.0932. The van der Waals surface area contributed by atoms with Gasteiger partial charge in [-0.1, -0.05) is 6.92 Å². The summed E-state index contributed by atoms with van der Waals surface area (Å²) in [4.78, 5) is 20.8. The molecule has 0 aliphatic heterocycles. The Labute approximate surface area is 164 Å². The summed E-state index contributed by atoms with van der Waals surface area (Å²) < 4.78 is 7.04. The number of fused-ring (bicyclic) bond motifs is 1. The second-order valence-electron chi connectivity index (χ2n) is 7.13. The number of hydrogen-bond acceptors (Lipinski definition) is 4. The fraction of sp³-hybridized carbons (Fsp3) is 0.381. The van der Waals surface area contributed by atoms with E-state index in [2.05, 4.69) is 20.4 Å². The molecule has 1 amide bonds. The molecule has 1 unspecified atom stereocenters. The molecular formula is C21H25N5O2. The van der Waals surface area contributed by atoms with Crippen molar-refractivity contribution in [1.29, 1.82) is 0 Å². The van der Waals surface area contributed by atoms with E-state index in [1.807, 2.05) is 42.8 Å². The molecular weight excluding hydrogens is 354 g/mol. The molecule has 1 atom stereocenters. The summed E-state index contributed by atoms with van der Waals surface area (Å²) in [5, 5.41) is 7.65. The maximum Gasteiger partial charge on any atom is 0.255 e. The standard InChI is InChI=1S/C21H25N5O2/c1-4-20-17(12-22-26(20)15-6-8-16(28-3)9-7-15)21(27)25-14-5-10-18-19(11-14)24-13(2)23-18/h6-9,12,14H,4-5,10-11H2,1-3H3,(H,23,24)(H,25,27). The number of H-pyrrole nitrogens is 1. The molecule has 0 fully saturated rings. The van der Waals surface area contributed by atoms with E-state index >= 15 is 0 Å². The van der Waals surface area contributed by atoms with E-state index in [0.717, 1.165) is 53.6 Å². The van der Waals surface area contributed by atoms with Gasteiger partial charge in [0.05, 0.1) is 35.9 Å². The average molecular weight is 379 g/mol. The highest BCUT2D eigenvalue weighted by atomic mass is 16.5. The van der Waals surface area contributed by atoms with Crippen molar-refractivity contribution in [3.63, 3.8) is 0 Å². The second-order valence-corrected chi connectivity index (χ2v) is 7.13. The molecule has 0 spiro atoms. The van der Waals surface area contributed by atoms with Crippen LogP contribution in [0.4, 0.5) is 0 Å². The molecule has 0 saturated heterocycles. The van der Waals surface area contributed by atoms with Gasteiger partial charge in [-0.15, -0.1) is 0 Å². The monoisotopic (exact) mass is 379 g/mol. The second kappa shape index (κ2) is 7.50. The number of ether oxygens (including phenoxy) is 1. The molecule has 7 heteroatoms. The van der Waals surface area contributed by atoms with E-state index in [-0.39, 0.29) is 11.9 Å². The van der Waals surface area contributed by atoms with Gasteiger partial charge in [0, 0.05) is 18.2 Å². The highest BCUT2D eigenvalue weighted by molar-refractivity contribution is 5.95. The van der Waals surface area contributed by atoms with Gasteiger partial charge in [-0.05, 0) is 50.5 Å². The number of carbonyl (C=O) groups is 1. The average Bonchev–Trinajstić information content (AvgIpc) is 3.30. The van der Waals surface area contributed by atoms with Gasteiger partial charge >= 0.3 is 0 Å². The zero-order valence-electron chi connectivity index (χ0n) is 16.5. The van der Waals surface area contributed by atoms with Crippen LogP contribution in [0.25, 0.3) is 5.69 Å². The summed E-state index contributed by atoms with van der Waals surface area (Å²) in [5.41, 5.74) is 4.71. The minimum absolute atomic E-state index is 0.0682. The summed E-state index contributed by atoms with van der Waals surface area (Å²) in [6.07, 6.45) is 4.94. The minimum atomic E-state index is -0.0682. The molecule has 0 saturated carbocycles. The Morgan fingerprint density at radius 1 is 1.36 bits per heavy atom. The Balaban J connectivity index is 1.52. The van der Waals surface area contributed by atoms with Gasteiger partial charge in [-0.25, -0.2) is 9.67 Å². The van der Waals surface area contributed by atoms with Crippen LogP contribution in [0.2, 0.25) is 0 Å². The van der Waals surface area contributed by atoms with E-state index < -0.39 is 0 Å². The lowest BCUT2D eigenvalue weighted by atomic mass is 9.96. The fourth-order valence-electron chi connectivity index (χ4n) is 3.86. The van der Waals surface area contributed by atoms with Gasteiger partial charge in [0.15, 0.2) is 0 Å². The Hall–Kier alpha value is -3.09. The van der Waals surface area contributed by atoms with Crippen LogP contribution in [0.15, 0.2) is 30.5 Å². The third-order valence-electron chi connectivity index (χ3n) is 5.26. The summed E-state index contributed by atoms with van der Waals surface area (Å²) in [6.45, 7) is 4.00. The van der Waals surface area contributed by atoms with Crippen molar-refractivity contribution in [3.05, 3.63) is 58.9 Å². The van der Waals surface area contributed by atoms with Crippen molar-refractivity contribution in [2.45, 2.75) is 45.6 Å². The van der Waals surface area contributed by atoms with Crippen molar-refractivity contribution < 1.29 is 9.53 Å². The first-order chi connectivity index (χ1) is 13.6. The van der Waals surface area contributed by atoms with Crippen LogP contribution in [0, 0.1) is 6.92 Å². The van der Waals surface area contributed by atoms with Crippen LogP contribution in [-0.2, 0) is 19.3 Å². The Kier molecular flexibility index (Phi) is 4.90. The third-order valence-corrected chi connectivity index (χ3v) is 5.26. The quantitative estimate of drug-likeness (QED) is 0.714. The van der Waals surface area contributed by atoms with Crippen LogP contribution < -0.4 is 10.1 Å².